The lowest BCUT2D eigenvalue weighted by Crippen LogP contribution is -2.08. The number of aryl methyl sites for hydroxylation is 2. The summed E-state index contributed by atoms with van der Waals surface area (Å²) in [6, 6.07) is 4.90. The number of hydrogen-bond donors (Lipinski definition) is 1. The molecule has 0 radical (unpaired) electrons. The average Bonchev–Trinajstić information content (AvgIpc) is 2.76. The molecule has 0 amide bonds. The molecule has 0 atom stereocenters. The van der Waals surface area contributed by atoms with Crippen molar-refractivity contribution < 1.29 is 4.39 Å². The number of nitrogens with one attached hydrogen (secondary N) is 1. The summed E-state index contributed by atoms with van der Waals surface area (Å²) < 4.78 is 16.7. The van der Waals surface area contributed by atoms with Crippen LogP contribution in [-0.2, 0) is 19.5 Å². The van der Waals surface area contributed by atoms with Crippen LogP contribution in [0.1, 0.15) is 25.2 Å². The quantitative estimate of drug-likeness (QED) is 0.779. The molecule has 1 N–H and O–H groups in total. The number of aromatic nitrogens is 2. The third-order valence-electron chi connectivity index (χ3n) is 3.07. The maximum absolute atomic E-state index is 13.2. The van der Waals surface area contributed by atoms with E-state index in [0.29, 0.717) is 11.0 Å². The summed E-state index contributed by atoms with van der Waals surface area (Å²) in [5, 5.41) is 7.85. The zero-order valence-electron chi connectivity index (χ0n) is 11.4. The molecule has 0 bridgehead atoms. The molecule has 0 spiro atoms. The highest BCUT2D eigenvalue weighted by Crippen LogP contribution is 2.24. The highest BCUT2D eigenvalue weighted by Gasteiger charge is 2.13. The molecule has 0 aliphatic carbocycles. The van der Waals surface area contributed by atoms with Crippen LogP contribution < -0.4 is 5.32 Å². The Bertz CT molecular complexity index is 611. The molecular weight excluding hydrogens is 389 g/mol. The van der Waals surface area contributed by atoms with E-state index in [4.69, 9.17) is 0 Å². The highest BCUT2D eigenvalue weighted by atomic mass is 79.9. The minimum atomic E-state index is -0.261. The molecule has 1 heterocycles. The molecule has 2 rings (SSSR count). The van der Waals surface area contributed by atoms with Crippen molar-refractivity contribution in [3.05, 3.63) is 44.3 Å². The molecule has 0 fully saturated rings. The molecule has 3 nitrogen and oxygen atoms in total. The lowest BCUT2D eigenvalue weighted by atomic mass is 10.2. The lowest BCUT2D eigenvalue weighted by Gasteiger charge is -2.09. The van der Waals surface area contributed by atoms with Gasteiger partial charge in [-0.15, -0.1) is 0 Å². The molecule has 2 aromatic rings. The second-order valence-electron chi connectivity index (χ2n) is 4.36. The molecule has 0 aliphatic heterocycles. The molecule has 20 heavy (non-hydrogen) atoms. The molecular formula is C14H16Br2FN3. The Labute approximate surface area is 134 Å². The van der Waals surface area contributed by atoms with E-state index in [1.165, 1.54) is 6.07 Å². The van der Waals surface area contributed by atoms with Gasteiger partial charge >= 0.3 is 0 Å². The number of benzene rings is 1. The summed E-state index contributed by atoms with van der Waals surface area (Å²) in [6.07, 6.45) is 0.892. The molecule has 0 saturated carbocycles. The van der Waals surface area contributed by atoms with E-state index in [1.807, 2.05) is 4.68 Å². The summed E-state index contributed by atoms with van der Waals surface area (Å²) in [7, 11) is 0. The maximum atomic E-state index is 13.2. The van der Waals surface area contributed by atoms with Crippen LogP contribution in [0.15, 0.2) is 27.1 Å². The van der Waals surface area contributed by atoms with Gasteiger partial charge in [-0.3, -0.25) is 4.68 Å². The first-order chi connectivity index (χ1) is 9.56. The van der Waals surface area contributed by atoms with Gasteiger partial charge in [0.2, 0.25) is 0 Å². The fourth-order valence-electron chi connectivity index (χ4n) is 1.98. The van der Waals surface area contributed by atoms with Crippen molar-refractivity contribution in [3.63, 3.8) is 0 Å². The summed E-state index contributed by atoms with van der Waals surface area (Å²) >= 11 is 6.80. The Morgan fingerprint density at radius 2 is 2.05 bits per heavy atom. The van der Waals surface area contributed by atoms with Gasteiger partial charge in [-0.1, -0.05) is 6.92 Å². The second-order valence-corrected chi connectivity index (χ2v) is 6.01. The zero-order valence-corrected chi connectivity index (χ0v) is 14.6. The number of anilines is 1. The Morgan fingerprint density at radius 1 is 1.30 bits per heavy atom. The van der Waals surface area contributed by atoms with Gasteiger partial charge in [-0.25, -0.2) is 4.39 Å². The van der Waals surface area contributed by atoms with Gasteiger partial charge in [0.15, 0.2) is 0 Å². The van der Waals surface area contributed by atoms with Gasteiger partial charge in [0.25, 0.3) is 0 Å². The van der Waals surface area contributed by atoms with E-state index < -0.39 is 0 Å². The Kier molecular flexibility index (Phi) is 5.21. The topological polar surface area (TPSA) is 29.9 Å². The van der Waals surface area contributed by atoms with Crippen molar-refractivity contribution >= 4 is 37.5 Å². The first-order valence-corrected chi connectivity index (χ1v) is 8.08. The number of hydrogen-bond acceptors (Lipinski definition) is 2. The molecule has 6 heteroatoms. The van der Waals surface area contributed by atoms with Gasteiger partial charge in [0.05, 0.1) is 26.9 Å². The van der Waals surface area contributed by atoms with Crippen LogP contribution in [0.5, 0.6) is 0 Å². The van der Waals surface area contributed by atoms with Gasteiger partial charge in [0, 0.05) is 12.2 Å². The van der Waals surface area contributed by atoms with Crippen molar-refractivity contribution in [2.45, 2.75) is 33.4 Å². The summed E-state index contributed by atoms with van der Waals surface area (Å²) in [4.78, 5) is 0. The third kappa shape index (κ3) is 3.23. The van der Waals surface area contributed by atoms with Crippen LogP contribution >= 0.6 is 31.9 Å². The Hall–Kier alpha value is -0.880. The Morgan fingerprint density at radius 3 is 2.65 bits per heavy atom. The highest BCUT2D eigenvalue weighted by molar-refractivity contribution is 9.10. The zero-order chi connectivity index (χ0) is 14.7. The van der Waals surface area contributed by atoms with E-state index in [2.05, 4.69) is 56.1 Å². The first-order valence-electron chi connectivity index (χ1n) is 6.49. The Balaban J connectivity index is 2.17. The monoisotopic (exact) mass is 403 g/mol. The summed E-state index contributed by atoms with van der Waals surface area (Å²) in [5.41, 5.74) is 3.03. The molecule has 0 unspecified atom stereocenters. The van der Waals surface area contributed by atoms with Crippen molar-refractivity contribution in [1.82, 2.24) is 9.78 Å². The lowest BCUT2D eigenvalue weighted by molar-refractivity contribution is 0.617. The van der Waals surface area contributed by atoms with Crippen LogP contribution in [0, 0.1) is 5.82 Å². The van der Waals surface area contributed by atoms with E-state index in [9.17, 15) is 4.39 Å². The van der Waals surface area contributed by atoms with Gasteiger partial charge in [-0.05, 0) is 63.4 Å². The van der Waals surface area contributed by atoms with Crippen LogP contribution in [0.25, 0.3) is 0 Å². The fourth-order valence-corrected chi connectivity index (χ4v) is 3.06. The first kappa shape index (κ1) is 15.5. The summed E-state index contributed by atoms with van der Waals surface area (Å²) in [6.45, 7) is 5.61. The van der Waals surface area contributed by atoms with Crippen molar-refractivity contribution in [3.8, 4) is 0 Å². The molecule has 0 aliphatic rings. The van der Waals surface area contributed by atoms with Crippen molar-refractivity contribution in [2.75, 3.05) is 5.32 Å². The predicted molar refractivity (Wildman–Crippen MR) is 86.4 cm³/mol. The minimum absolute atomic E-state index is 0.261. The molecule has 1 aromatic carbocycles. The normalized spacial score (nSPS) is 10.8. The van der Waals surface area contributed by atoms with E-state index in [-0.39, 0.29) is 5.82 Å². The van der Waals surface area contributed by atoms with Crippen LogP contribution in [0.2, 0.25) is 0 Å². The average molecular weight is 405 g/mol. The third-order valence-corrected chi connectivity index (χ3v) is 4.60. The number of rotatable bonds is 5. The van der Waals surface area contributed by atoms with Gasteiger partial charge in [-0.2, -0.15) is 5.10 Å². The van der Waals surface area contributed by atoms with Crippen LogP contribution in [-0.4, -0.2) is 9.78 Å². The standard InChI is InChI=1S/C14H16Br2FN3/c1-3-12-14(16)13(20(4-2)19-12)8-18-9-5-6-11(17)10(15)7-9/h5-7,18H,3-4,8H2,1-2H3. The second kappa shape index (κ2) is 6.72. The molecule has 108 valence electrons. The fraction of sp³-hybridized carbons (Fsp3) is 0.357. The van der Waals surface area contributed by atoms with Crippen LogP contribution in [0.4, 0.5) is 10.1 Å². The SMILES string of the molecule is CCc1nn(CC)c(CNc2ccc(F)c(Br)c2)c1Br. The maximum Gasteiger partial charge on any atom is 0.137 e. The van der Waals surface area contributed by atoms with E-state index in [0.717, 1.165) is 34.5 Å². The van der Waals surface area contributed by atoms with E-state index in [1.54, 1.807) is 12.1 Å². The number of nitrogens with zero attached hydrogens (tertiary/aromatic N) is 2. The molecule has 1 aromatic heterocycles. The predicted octanol–water partition coefficient (Wildman–Crippen LogP) is 4.74. The van der Waals surface area contributed by atoms with Gasteiger partial charge < -0.3 is 5.32 Å². The number of halogens is 3. The van der Waals surface area contributed by atoms with E-state index >= 15 is 0 Å². The smallest absolute Gasteiger partial charge is 0.137 e. The van der Waals surface area contributed by atoms with Crippen molar-refractivity contribution in [2.24, 2.45) is 0 Å². The largest absolute Gasteiger partial charge is 0.379 e. The molecule has 0 saturated heterocycles. The summed E-state index contributed by atoms with van der Waals surface area (Å²) in [5.74, 6) is -0.261. The van der Waals surface area contributed by atoms with Crippen LogP contribution in [0.3, 0.4) is 0 Å². The van der Waals surface area contributed by atoms with Crippen molar-refractivity contribution in [1.29, 1.82) is 0 Å². The minimum Gasteiger partial charge on any atom is -0.379 e. The van der Waals surface area contributed by atoms with Gasteiger partial charge in [0.1, 0.15) is 5.82 Å².